The predicted octanol–water partition coefficient (Wildman–Crippen LogP) is 5.09. The highest BCUT2D eigenvalue weighted by Crippen LogP contribution is 2.31. The molecule has 1 aromatic carbocycles. The van der Waals surface area contributed by atoms with Gasteiger partial charge in [0.05, 0.1) is 24.9 Å². The van der Waals surface area contributed by atoms with Crippen molar-refractivity contribution in [2.24, 2.45) is 5.92 Å². The van der Waals surface area contributed by atoms with Crippen LogP contribution in [0.3, 0.4) is 0 Å². The zero-order chi connectivity index (χ0) is 19.2. The smallest absolute Gasteiger partial charge is 0.277 e. The lowest BCUT2D eigenvalue weighted by atomic mass is 10.1. The minimum Gasteiger partial charge on any atom is -0.497 e. The molecule has 0 N–H and O–H groups in total. The van der Waals surface area contributed by atoms with Crippen LogP contribution in [-0.4, -0.2) is 29.4 Å². The molecule has 0 radical (unpaired) electrons. The van der Waals surface area contributed by atoms with Crippen LogP contribution in [0.4, 0.5) is 0 Å². The Labute approximate surface area is 167 Å². The molecule has 0 saturated heterocycles. The van der Waals surface area contributed by atoms with E-state index in [-0.39, 0.29) is 0 Å². The van der Waals surface area contributed by atoms with Crippen molar-refractivity contribution >= 4 is 23.1 Å². The van der Waals surface area contributed by atoms with Gasteiger partial charge < -0.3 is 13.9 Å². The zero-order valence-corrected chi connectivity index (χ0v) is 17.5. The summed E-state index contributed by atoms with van der Waals surface area (Å²) in [4.78, 5) is 4.68. The first-order chi connectivity index (χ1) is 13.1. The monoisotopic (exact) mass is 405 g/mol. The number of ether oxygens (including phenoxy) is 2. The van der Waals surface area contributed by atoms with Crippen molar-refractivity contribution in [2.75, 3.05) is 14.2 Å². The predicted molar refractivity (Wildman–Crippen MR) is 108 cm³/mol. The molecule has 2 aromatic heterocycles. The van der Waals surface area contributed by atoms with Gasteiger partial charge in [-0.1, -0.05) is 25.6 Å². The van der Waals surface area contributed by atoms with Gasteiger partial charge in [0, 0.05) is 22.8 Å². The first-order valence-corrected chi connectivity index (χ1v) is 10.6. The summed E-state index contributed by atoms with van der Waals surface area (Å²) in [6.07, 6.45) is 2.20. The quantitative estimate of drug-likeness (QED) is 0.459. The largest absolute Gasteiger partial charge is 0.497 e. The fourth-order valence-corrected chi connectivity index (χ4v) is 3.97. The van der Waals surface area contributed by atoms with Crippen molar-refractivity contribution in [2.45, 2.75) is 37.7 Å². The van der Waals surface area contributed by atoms with Crippen LogP contribution in [0.5, 0.6) is 11.5 Å². The van der Waals surface area contributed by atoms with Gasteiger partial charge in [0.25, 0.3) is 5.22 Å². The maximum absolute atomic E-state index is 5.78. The Morgan fingerprint density at radius 2 is 1.85 bits per heavy atom. The molecule has 3 aromatic rings. The normalized spacial score (nSPS) is 11.1. The van der Waals surface area contributed by atoms with Gasteiger partial charge >= 0.3 is 0 Å². The van der Waals surface area contributed by atoms with Crippen LogP contribution in [0, 0.1) is 5.92 Å². The molecule has 6 nitrogen and oxygen atoms in total. The van der Waals surface area contributed by atoms with E-state index >= 15 is 0 Å². The Bertz CT molecular complexity index is 854. The van der Waals surface area contributed by atoms with Gasteiger partial charge in [0.2, 0.25) is 5.89 Å². The highest BCUT2D eigenvalue weighted by molar-refractivity contribution is 7.98. The summed E-state index contributed by atoms with van der Waals surface area (Å²) in [6, 6.07) is 5.48. The summed E-state index contributed by atoms with van der Waals surface area (Å²) < 4.78 is 16.4. The third kappa shape index (κ3) is 5.46. The molecular weight excluding hydrogens is 382 g/mol. The number of nitrogens with zero attached hydrogens (tertiary/aromatic N) is 3. The van der Waals surface area contributed by atoms with E-state index in [1.54, 1.807) is 31.6 Å². The summed E-state index contributed by atoms with van der Waals surface area (Å²) in [5, 5.41) is 12.1. The maximum Gasteiger partial charge on any atom is 0.277 e. The number of benzene rings is 1. The lowest BCUT2D eigenvalue weighted by Gasteiger charge is -2.05. The summed E-state index contributed by atoms with van der Waals surface area (Å²) >= 11 is 3.21. The molecule has 0 unspecified atom stereocenters. The lowest BCUT2D eigenvalue weighted by Crippen LogP contribution is -1.92. The van der Waals surface area contributed by atoms with Gasteiger partial charge in [-0.2, -0.15) is 0 Å². The second-order valence-corrected chi connectivity index (χ2v) is 8.30. The number of methoxy groups -OCH3 is 2. The number of hydrogen-bond donors (Lipinski definition) is 0. The van der Waals surface area contributed by atoms with Gasteiger partial charge in [0.1, 0.15) is 11.5 Å². The molecule has 0 spiro atoms. The first-order valence-electron chi connectivity index (χ1n) is 8.70. The van der Waals surface area contributed by atoms with Crippen molar-refractivity contribution in [3.63, 3.8) is 0 Å². The SMILES string of the molecule is COc1cc(OC)cc(-c2nnc(SCc3csc(CCC(C)C)n3)o2)c1. The fourth-order valence-electron chi connectivity index (χ4n) is 2.39. The van der Waals surface area contributed by atoms with Gasteiger partial charge in [-0.25, -0.2) is 4.98 Å². The van der Waals surface area contributed by atoms with E-state index in [1.807, 2.05) is 12.1 Å². The summed E-state index contributed by atoms with van der Waals surface area (Å²) in [5.74, 6) is 3.19. The molecule has 0 amide bonds. The summed E-state index contributed by atoms with van der Waals surface area (Å²) in [7, 11) is 3.22. The van der Waals surface area contributed by atoms with E-state index in [1.165, 1.54) is 16.8 Å². The molecule has 0 atom stereocenters. The van der Waals surface area contributed by atoms with E-state index in [4.69, 9.17) is 13.9 Å². The Balaban J connectivity index is 1.63. The van der Waals surface area contributed by atoms with Crippen LogP contribution in [0.15, 0.2) is 33.2 Å². The highest BCUT2D eigenvalue weighted by Gasteiger charge is 2.13. The van der Waals surface area contributed by atoms with E-state index in [2.05, 4.69) is 34.4 Å². The third-order valence-electron chi connectivity index (χ3n) is 3.88. The Morgan fingerprint density at radius 1 is 1.11 bits per heavy atom. The van der Waals surface area contributed by atoms with Crippen molar-refractivity contribution in [3.8, 4) is 23.0 Å². The molecule has 0 saturated carbocycles. The minimum atomic E-state index is 0.436. The number of aromatic nitrogens is 3. The van der Waals surface area contributed by atoms with Gasteiger partial charge in [0.15, 0.2) is 0 Å². The molecule has 3 rings (SSSR count). The van der Waals surface area contributed by atoms with Crippen LogP contribution in [-0.2, 0) is 12.2 Å². The fraction of sp³-hybridized carbons (Fsp3) is 0.421. The van der Waals surface area contributed by atoms with Crippen molar-refractivity contribution in [1.82, 2.24) is 15.2 Å². The van der Waals surface area contributed by atoms with E-state index in [0.717, 1.165) is 24.1 Å². The number of aryl methyl sites for hydroxylation is 1. The summed E-state index contributed by atoms with van der Waals surface area (Å²) in [6.45, 7) is 4.46. The molecule has 2 heterocycles. The van der Waals surface area contributed by atoms with Gasteiger partial charge in [-0.05, 0) is 30.9 Å². The number of thiazole rings is 1. The number of hydrogen-bond acceptors (Lipinski definition) is 8. The van der Waals surface area contributed by atoms with Gasteiger partial charge in [-0.3, -0.25) is 0 Å². The van der Waals surface area contributed by atoms with Crippen molar-refractivity contribution in [1.29, 1.82) is 0 Å². The Hall–Kier alpha value is -2.06. The minimum absolute atomic E-state index is 0.436. The van der Waals surface area contributed by atoms with E-state index in [9.17, 15) is 0 Å². The van der Waals surface area contributed by atoms with Gasteiger partial charge in [-0.15, -0.1) is 21.5 Å². The molecule has 0 aliphatic rings. The maximum atomic E-state index is 5.78. The second-order valence-electron chi connectivity index (χ2n) is 6.43. The van der Waals surface area contributed by atoms with Crippen LogP contribution in [0.2, 0.25) is 0 Å². The van der Waals surface area contributed by atoms with Crippen LogP contribution < -0.4 is 9.47 Å². The lowest BCUT2D eigenvalue weighted by molar-refractivity contribution is 0.394. The standard InChI is InChI=1S/C19H23N3O3S2/c1-12(2)5-6-17-20-14(10-26-17)11-27-19-22-21-18(25-19)13-7-15(23-3)9-16(8-13)24-4/h7-10,12H,5-6,11H2,1-4H3. The van der Waals surface area contributed by atoms with Crippen LogP contribution >= 0.6 is 23.1 Å². The average Bonchev–Trinajstić information content (AvgIpc) is 3.33. The molecule has 0 bridgehead atoms. The Morgan fingerprint density at radius 3 is 2.52 bits per heavy atom. The highest BCUT2D eigenvalue weighted by atomic mass is 32.2. The third-order valence-corrected chi connectivity index (χ3v) is 5.69. The average molecular weight is 406 g/mol. The topological polar surface area (TPSA) is 70.3 Å². The molecule has 0 aliphatic heterocycles. The molecule has 0 fully saturated rings. The molecular formula is C19H23N3O3S2. The van der Waals surface area contributed by atoms with Crippen LogP contribution in [0.1, 0.15) is 31.0 Å². The molecule has 8 heteroatoms. The van der Waals surface area contributed by atoms with Crippen LogP contribution in [0.25, 0.3) is 11.5 Å². The zero-order valence-electron chi connectivity index (χ0n) is 15.9. The first kappa shape index (κ1) is 19.7. The summed E-state index contributed by atoms with van der Waals surface area (Å²) in [5.41, 5.74) is 1.81. The Kier molecular flexibility index (Phi) is 6.73. The number of rotatable bonds is 9. The number of thioether (sulfide) groups is 1. The molecule has 27 heavy (non-hydrogen) atoms. The van der Waals surface area contributed by atoms with E-state index < -0.39 is 0 Å². The van der Waals surface area contributed by atoms with E-state index in [0.29, 0.717) is 34.3 Å². The second kappa shape index (κ2) is 9.23. The molecule has 144 valence electrons. The van der Waals surface area contributed by atoms with Crippen molar-refractivity contribution < 1.29 is 13.9 Å². The molecule has 0 aliphatic carbocycles. The van der Waals surface area contributed by atoms with Crippen molar-refractivity contribution in [3.05, 3.63) is 34.3 Å².